The van der Waals surface area contributed by atoms with Gasteiger partial charge in [0.15, 0.2) is 0 Å². The summed E-state index contributed by atoms with van der Waals surface area (Å²) in [5.74, 6) is 2.71. The van der Waals surface area contributed by atoms with E-state index >= 15 is 0 Å². The van der Waals surface area contributed by atoms with Crippen molar-refractivity contribution >= 4 is 55.1 Å². The summed E-state index contributed by atoms with van der Waals surface area (Å²) in [5, 5.41) is 0. The highest BCUT2D eigenvalue weighted by molar-refractivity contribution is 9.10. The molecule has 2 aromatic carbocycles. The maximum Gasteiger partial charge on any atom is 0.120 e. The minimum absolute atomic E-state index is 0.518. The van der Waals surface area contributed by atoms with E-state index in [4.69, 9.17) is 32.7 Å². The fourth-order valence-corrected chi connectivity index (χ4v) is 3.31. The molecule has 0 radical (unpaired) electrons. The third kappa shape index (κ3) is 5.99. The van der Waals surface area contributed by atoms with Gasteiger partial charge >= 0.3 is 0 Å². The van der Waals surface area contributed by atoms with Crippen LogP contribution in [-0.2, 0) is 11.8 Å². The fraction of sp³-hybridized carbons (Fsp3) is 0.250. The van der Waals surface area contributed by atoms with Crippen molar-refractivity contribution < 1.29 is 9.47 Å². The molecule has 0 spiro atoms. The van der Waals surface area contributed by atoms with E-state index in [1.165, 1.54) is 0 Å². The van der Waals surface area contributed by atoms with Crippen LogP contribution in [0.2, 0.25) is 0 Å². The molecule has 0 amide bonds. The molecule has 2 aromatic rings. The van der Waals surface area contributed by atoms with Gasteiger partial charge in [-0.2, -0.15) is 0 Å². The topological polar surface area (TPSA) is 18.5 Å². The summed E-state index contributed by atoms with van der Waals surface area (Å²) in [4.78, 5) is 0. The number of alkyl halides is 2. The lowest BCUT2D eigenvalue weighted by molar-refractivity contribution is 0.414. The molecule has 0 saturated heterocycles. The van der Waals surface area contributed by atoms with Gasteiger partial charge in [0, 0.05) is 20.7 Å². The average Bonchev–Trinajstić information content (AvgIpc) is 2.55. The number of ether oxygens (including phenoxy) is 2. The molecule has 0 heterocycles. The van der Waals surface area contributed by atoms with Crippen LogP contribution < -0.4 is 9.47 Å². The molecule has 0 saturated carbocycles. The normalized spacial score (nSPS) is 9.73. The average molecular weight is 471 g/mol. The minimum atomic E-state index is 0.518. The Morgan fingerprint density at radius 3 is 1.36 bits per heavy atom. The summed E-state index contributed by atoms with van der Waals surface area (Å²) in [6.45, 7) is 0. The Hall–Kier alpha value is -0.420. The highest BCUT2D eigenvalue weighted by Crippen LogP contribution is 2.24. The Morgan fingerprint density at radius 2 is 1.14 bits per heavy atom. The SMILES string of the molecule is COc1ccc(CCl)c(Br)c1.COc1ccc(CCl)c(Br)c1. The second-order valence-corrected chi connectivity index (χ2v) is 6.43. The molecule has 2 rings (SSSR count). The van der Waals surface area contributed by atoms with E-state index in [0.29, 0.717) is 11.8 Å². The predicted molar refractivity (Wildman–Crippen MR) is 101 cm³/mol. The monoisotopic (exact) mass is 468 g/mol. The lowest BCUT2D eigenvalue weighted by Crippen LogP contribution is -1.85. The second-order valence-electron chi connectivity index (χ2n) is 4.18. The standard InChI is InChI=1S/2C8H8BrClO/c2*1-11-7-3-2-6(5-10)8(9)4-7/h2*2-4H,5H2,1H3. The maximum atomic E-state index is 5.66. The van der Waals surface area contributed by atoms with Crippen molar-refractivity contribution in [3.8, 4) is 11.5 Å². The number of benzene rings is 2. The first kappa shape index (κ1) is 19.6. The molecule has 0 aliphatic rings. The molecule has 0 aromatic heterocycles. The van der Waals surface area contributed by atoms with Crippen molar-refractivity contribution in [1.82, 2.24) is 0 Å². The van der Waals surface area contributed by atoms with Crippen molar-refractivity contribution in [3.05, 3.63) is 56.5 Å². The van der Waals surface area contributed by atoms with Crippen LogP contribution in [0.15, 0.2) is 45.3 Å². The molecule has 120 valence electrons. The molecule has 0 aliphatic heterocycles. The van der Waals surface area contributed by atoms with Crippen molar-refractivity contribution in [3.63, 3.8) is 0 Å². The lowest BCUT2D eigenvalue weighted by atomic mass is 10.2. The molecular formula is C16H16Br2Cl2O2. The third-order valence-electron chi connectivity index (χ3n) is 2.81. The zero-order valence-electron chi connectivity index (χ0n) is 12.2. The molecule has 6 heteroatoms. The first-order valence-corrected chi connectivity index (χ1v) is 8.98. The van der Waals surface area contributed by atoms with Crippen LogP contribution in [0.3, 0.4) is 0 Å². The van der Waals surface area contributed by atoms with Crippen LogP contribution in [0.1, 0.15) is 11.1 Å². The smallest absolute Gasteiger partial charge is 0.120 e. The summed E-state index contributed by atoms with van der Waals surface area (Å²) in [7, 11) is 3.28. The molecule has 0 bridgehead atoms. The van der Waals surface area contributed by atoms with Gasteiger partial charge in [0.2, 0.25) is 0 Å². The van der Waals surface area contributed by atoms with E-state index in [0.717, 1.165) is 31.6 Å². The van der Waals surface area contributed by atoms with Gasteiger partial charge in [-0.1, -0.05) is 44.0 Å². The molecule has 2 nitrogen and oxygen atoms in total. The Bertz CT molecular complexity index is 553. The molecule has 0 fully saturated rings. The molecule has 22 heavy (non-hydrogen) atoms. The van der Waals surface area contributed by atoms with Crippen LogP contribution in [0, 0.1) is 0 Å². The highest BCUT2D eigenvalue weighted by atomic mass is 79.9. The van der Waals surface area contributed by atoms with Crippen LogP contribution >= 0.6 is 55.1 Å². The number of rotatable bonds is 4. The van der Waals surface area contributed by atoms with E-state index in [1.54, 1.807) is 14.2 Å². The summed E-state index contributed by atoms with van der Waals surface area (Å²) < 4.78 is 12.0. The van der Waals surface area contributed by atoms with E-state index < -0.39 is 0 Å². The van der Waals surface area contributed by atoms with Gasteiger partial charge in [0.05, 0.1) is 14.2 Å². The Morgan fingerprint density at radius 1 is 0.773 bits per heavy atom. The quantitative estimate of drug-likeness (QED) is 0.482. The van der Waals surface area contributed by atoms with Gasteiger partial charge in [0.25, 0.3) is 0 Å². The van der Waals surface area contributed by atoms with Gasteiger partial charge in [-0.25, -0.2) is 0 Å². The van der Waals surface area contributed by atoms with E-state index in [2.05, 4.69) is 31.9 Å². The summed E-state index contributed by atoms with van der Waals surface area (Å²) >= 11 is 18.1. The number of methoxy groups -OCH3 is 2. The van der Waals surface area contributed by atoms with Gasteiger partial charge in [-0.15, -0.1) is 23.2 Å². The van der Waals surface area contributed by atoms with Crippen molar-refractivity contribution in [2.24, 2.45) is 0 Å². The second kappa shape index (κ2) is 10.4. The Kier molecular flexibility index (Phi) is 9.25. The van der Waals surface area contributed by atoms with E-state index in [9.17, 15) is 0 Å². The van der Waals surface area contributed by atoms with Gasteiger partial charge in [-0.05, 0) is 35.4 Å². The first-order valence-electron chi connectivity index (χ1n) is 6.32. The highest BCUT2D eigenvalue weighted by Gasteiger charge is 1.99. The van der Waals surface area contributed by atoms with Gasteiger partial charge in [0.1, 0.15) is 11.5 Å². The van der Waals surface area contributed by atoms with Gasteiger partial charge < -0.3 is 9.47 Å². The first-order chi connectivity index (χ1) is 10.5. The summed E-state index contributed by atoms with van der Waals surface area (Å²) in [5.41, 5.74) is 2.15. The van der Waals surface area contributed by atoms with Crippen LogP contribution in [0.4, 0.5) is 0 Å². The summed E-state index contributed by atoms with van der Waals surface area (Å²) in [6, 6.07) is 11.5. The molecule has 0 atom stereocenters. The van der Waals surface area contributed by atoms with Gasteiger partial charge in [-0.3, -0.25) is 0 Å². The number of hydrogen-bond acceptors (Lipinski definition) is 2. The van der Waals surface area contributed by atoms with Crippen LogP contribution in [0.5, 0.6) is 11.5 Å². The van der Waals surface area contributed by atoms with E-state index in [-0.39, 0.29) is 0 Å². The molecule has 0 aliphatic carbocycles. The largest absolute Gasteiger partial charge is 0.497 e. The Balaban J connectivity index is 0.000000220. The van der Waals surface area contributed by atoms with Crippen molar-refractivity contribution in [1.29, 1.82) is 0 Å². The molecular weight excluding hydrogens is 455 g/mol. The Labute approximate surface area is 158 Å². The van der Waals surface area contributed by atoms with E-state index in [1.807, 2.05) is 36.4 Å². The maximum absolute atomic E-state index is 5.66. The van der Waals surface area contributed by atoms with Crippen molar-refractivity contribution in [2.75, 3.05) is 14.2 Å². The zero-order chi connectivity index (χ0) is 16.5. The van der Waals surface area contributed by atoms with Crippen molar-refractivity contribution in [2.45, 2.75) is 11.8 Å². The zero-order valence-corrected chi connectivity index (χ0v) is 16.9. The third-order valence-corrected chi connectivity index (χ3v) is 4.86. The molecule has 0 N–H and O–H groups in total. The number of hydrogen-bond donors (Lipinski definition) is 0. The predicted octanol–water partition coefficient (Wildman–Crippen LogP) is 6.39. The lowest BCUT2D eigenvalue weighted by Gasteiger charge is -2.02. The summed E-state index contributed by atoms with van der Waals surface area (Å²) in [6.07, 6.45) is 0. The minimum Gasteiger partial charge on any atom is -0.497 e. The molecule has 0 unspecified atom stereocenters. The number of halogens is 4. The fourth-order valence-electron chi connectivity index (χ4n) is 1.53. The van der Waals surface area contributed by atoms with Crippen LogP contribution in [0.25, 0.3) is 0 Å². The van der Waals surface area contributed by atoms with Crippen LogP contribution in [-0.4, -0.2) is 14.2 Å².